The van der Waals surface area contributed by atoms with Crippen molar-refractivity contribution in [2.45, 2.75) is 18.5 Å². The fourth-order valence-corrected chi connectivity index (χ4v) is 4.45. The second kappa shape index (κ2) is 9.18. The maximum absolute atomic E-state index is 15.2. The van der Waals surface area contributed by atoms with E-state index in [0.717, 1.165) is 27.8 Å². The summed E-state index contributed by atoms with van der Waals surface area (Å²) >= 11 is -3.08. The van der Waals surface area contributed by atoms with Crippen molar-refractivity contribution in [2.75, 3.05) is 22.8 Å². The van der Waals surface area contributed by atoms with Crippen LogP contribution < -0.4 is 9.62 Å². The summed E-state index contributed by atoms with van der Waals surface area (Å²) < 4.78 is 67.1. The van der Waals surface area contributed by atoms with Crippen LogP contribution in [-0.2, 0) is 18.3 Å². The second-order valence-corrected chi connectivity index (χ2v) is 7.82. The molecular weight excluding hydrogens is 457 g/mol. The summed E-state index contributed by atoms with van der Waals surface area (Å²) in [6.07, 6.45) is -0.373. The molecule has 0 saturated carbocycles. The zero-order chi connectivity index (χ0) is 23.7. The summed E-state index contributed by atoms with van der Waals surface area (Å²) in [4.78, 5) is 24.7. The summed E-state index contributed by atoms with van der Waals surface area (Å²) in [7, 11) is 1.26. The van der Waals surface area contributed by atoms with Gasteiger partial charge in [0.05, 0.1) is 18.7 Å². The molecule has 1 aromatic heterocycles. The molecule has 1 unspecified atom stereocenters. The van der Waals surface area contributed by atoms with Crippen LogP contribution >= 0.6 is 0 Å². The minimum absolute atomic E-state index is 0.0176. The highest BCUT2D eigenvalue weighted by molar-refractivity contribution is 7.80. The molecule has 3 N–H and O–H groups in total. The molecule has 0 aliphatic carbocycles. The Morgan fingerprint density at radius 3 is 2.56 bits per heavy atom. The van der Waals surface area contributed by atoms with Crippen molar-refractivity contribution in [1.82, 2.24) is 9.47 Å². The Bertz CT molecular complexity index is 1080. The first kappa shape index (κ1) is 23.6. The Morgan fingerprint density at radius 1 is 1.31 bits per heavy atom. The molecule has 1 saturated heterocycles. The van der Waals surface area contributed by atoms with E-state index in [4.69, 9.17) is 0 Å². The number of halogens is 3. The van der Waals surface area contributed by atoms with Crippen molar-refractivity contribution >= 4 is 34.6 Å². The molecular formula is C18H18F3N4O6S-. The average Bonchev–Trinajstić information content (AvgIpc) is 3.25. The third-order valence-corrected chi connectivity index (χ3v) is 5.92. The van der Waals surface area contributed by atoms with Gasteiger partial charge in [-0.05, 0) is 18.6 Å². The molecule has 3 rings (SSSR count). The lowest BCUT2D eigenvalue weighted by Crippen LogP contribution is -2.49. The van der Waals surface area contributed by atoms with Crippen LogP contribution in [0.3, 0.4) is 0 Å². The maximum atomic E-state index is 15.2. The Labute approximate surface area is 182 Å². The van der Waals surface area contributed by atoms with Crippen molar-refractivity contribution in [3.05, 3.63) is 47.5 Å². The summed E-state index contributed by atoms with van der Waals surface area (Å²) in [5.41, 5.74) is -1.30. The Balaban J connectivity index is 1.95. The van der Waals surface area contributed by atoms with E-state index in [-0.39, 0.29) is 18.7 Å². The highest BCUT2D eigenvalue weighted by Crippen LogP contribution is 2.33. The number of carboxylic acid groups (broad SMARTS) is 1. The van der Waals surface area contributed by atoms with E-state index in [1.807, 2.05) is 0 Å². The highest BCUT2D eigenvalue weighted by atomic mass is 32.2. The van der Waals surface area contributed by atoms with E-state index in [1.54, 1.807) is 0 Å². The number of aryl methyl sites for hydroxylation is 1. The first-order chi connectivity index (χ1) is 15.1. The first-order valence-corrected chi connectivity index (χ1v) is 10.2. The summed E-state index contributed by atoms with van der Waals surface area (Å²) in [6.45, 7) is -0.792. The lowest BCUT2D eigenvalue weighted by molar-refractivity contribution is 0.101. The summed E-state index contributed by atoms with van der Waals surface area (Å²) in [5, 5.41) is 21.0. The zero-order valence-corrected chi connectivity index (χ0v) is 17.3. The third-order valence-electron chi connectivity index (χ3n) is 5.14. The molecule has 10 nitrogen and oxygen atoms in total. The largest absolute Gasteiger partial charge is 0.755 e. The van der Waals surface area contributed by atoms with Gasteiger partial charge in [0.25, 0.3) is 5.91 Å². The highest BCUT2D eigenvalue weighted by Gasteiger charge is 2.42. The monoisotopic (exact) mass is 475 g/mol. The predicted molar refractivity (Wildman–Crippen MR) is 105 cm³/mol. The van der Waals surface area contributed by atoms with Crippen LogP contribution in [0.15, 0.2) is 24.4 Å². The Hall–Kier alpha value is -3.10. The van der Waals surface area contributed by atoms with Gasteiger partial charge in [-0.2, -0.15) is 0 Å². The van der Waals surface area contributed by atoms with Crippen LogP contribution in [0.1, 0.15) is 16.9 Å². The van der Waals surface area contributed by atoms with E-state index in [2.05, 4.69) is 5.32 Å². The van der Waals surface area contributed by atoms with Gasteiger partial charge in [0.2, 0.25) is 0 Å². The van der Waals surface area contributed by atoms with Gasteiger partial charge in [-0.3, -0.25) is 13.3 Å². The number of likely N-dealkylation sites (tertiary alicyclic amines) is 1. The fourth-order valence-electron chi connectivity index (χ4n) is 3.70. The number of carbonyl (C=O) groups excluding carboxylic acids is 1. The van der Waals surface area contributed by atoms with Crippen molar-refractivity contribution in [3.8, 4) is 0 Å². The number of hydrogen-bond donors (Lipinski definition) is 3. The number of aromatic nitrogens is 1. The Kier molecular flexibility index (Phi) is 6.76. The molecule has 0 spiro atoms. The van der Waals surface area contributed by atoms with Crippen LogP contribution in [-0.4, -0.2) is 65.7 Å². The normalized spacial score (nSPS) is 19.1. The number of amides is 2. The van der Waals surface area contributed by atoms with Gasteiger partial charge < -0.3 is 29.5 Å². The lowest BCUT2D eigenvalue weighted by atomic mass is 10.1. The van der Waals surface area contributed by atoms with Gasteiger partial charge in [0.15, 0.2) is 17.5 Å². The van der Waals surface area contributed by atoms with Gasteiger partial charge in [-0.1, -0.05) is 0 Å². The fraction of sp³-hybridized carbons (Fsp3) is 0.333. The smallest absolute Gasteiger partial charge is 0.407 e. The molecule has 3 atom stereocenters. The standard InChI is InChI=1S/C18H19F3N4O6S/c1-23-7-13(25(32(30)31)12-4-5-24(18(28)29)14(12)8-26)15(21)16(23)17(27)22-9-2-3-10(19)11(20)6-9/h2-3,6-7,12,14,26H,4-5,8H2,1H3,(H,22,27)(H,28,29)(H,30,31)/p-1/t12-,14-/m1/s1. The molecule has 1 aliphatic heterocycles. The molecule has 1 aromatic carbocycles. The second-order valence-electron chi connectivity index (χ2n) is 7.00. The van der Waals surface area contributed by atoms with Gasteiger partial charge in [-0.25, -0.2) is 18.0 Å². The Morgan fingerprint density at radius 2 is 2.00 bits per heavy atom. The van der Waals surface area contributed by atoms with Gasteiger partial charge in [0.1, 0.15) is 11.4 Å². The van der Waals surface area contributed by atoms with Crippen molar-refractivity contribution in [2.24, 2.45) is 7.05 Å². The van der Waals surface area contributed by atoms with E-state index in [1.165, 1.54) is 7.05 Å². The van der Waals surface area contributed by atoms with Crippen LogP contribution in [0.2, 0.25) is 0 Å². The summed E-state index contributed by atoms with van der Waals surface area (Å²) in [6, 6.07) is 0.252. The zero-order valence-electron chi connectivity index (χ0n) is 16.5. The molecule has 1 fully saturated rings. The molecule has 2 amide bonds. The van der Waals surface area contributed by atoms with E-state index >= 15 is 4.39 Å². The number of nitrogens with zero attached hydrogens (tertiary/aromatic N) is 3. The predicted octanol–water partition coefficient (Wildman–Crippen LogP) is 1.41. The molecule has 0 bridgehead atoms. The molecule has 32 heavy (non-hydrogen) atoms. The minimum Gasteiger partial charge on any atom is -0.755 e. The number of nitrogens with one attached hydrogen (secondary N) is 1. The van der Waals surface area contributed by atoms with Gasteiger partial charge in [0, 0.05) is 42.8 Å². The van der Waals surface area contributed by atoms with Crippen LogP contribution in [0, 0.1) is 17.5 Å². The minimum atomic E-state index is -3.08. The average molecular weight is 475 g/mol. The lowest BCUT2D eigenvalue weighted by Gasteiger charge is -2.35. The number of hydrogen-bond acceptors (Lipinski definition) is 5. The number of carbonyl (C=O) groups is 2. The number of benzene rings is 1. The van der Waals surface area contributed by atoms with Crippen molar-refractivity contribution in [1.29, 1.82) is 0 Å². The molecule has 14 heteroatoms. The molecule has 0 radical (unpaired) electrons. The van der Waals surface area contributed by atoms with Crippen LogP contribution in [0.5, 0.6) is 0 Å². The number of aliphatic hydroxyl groups excluding tert-OH is 1. The number of rotatable bonds is 6. The molecule has 1 aliphatic rings. The third kappa shape index (κ3) is 4.28. The van der Waals surface area contributed by atoms with Gasteiger partial charge >= 0.3 is 6.09 Å². The quantitative estimate of drug-likeness (QED) is 0.540. The van der Waals surface area contributed by atoms with Crippen LogP contribution in [0.25, 0.3) is 0 Å². The van der Waals surface area contributed by atoms with E-state index < -0.39 is 70.8 Å². The van der Waals surface area contributed by atoms with Crippen molar-refractivity contribution < 1.29 is 41.7 Å². The van der Waals surface area contributed by atoms with E-state index in [0.29, 0.717) is 10.4 Å². The topological polar surface area (TPSA) is 138 Å². The van der Waals surface area contributed by atoms with Crippen LogP contribution in [0.4, 0.5) is 29.3 Å². The van der Waals surface area contributed by atoms with Gasteiger partial charge in [-0.15, -0.1) is 0 Å². The summed E-state index contributed by atoms with van der Waals surface area (Å²) in [5.74, 6) is -4.67. The maximum Gasteiger partial charge on any atom is 0.407 e. The van der Waals surface area contributed by atoms with E-state index in [9.17, 15) is 37.3 Å². The SMILES string of the molecule is Cn1cc(N([C@@H]2CCN(C(=O)O)[C@@H]2CO)S(=O)[O-])c(F)c1C(=O)Nc1ccc(F)c(F)c1. The number of aliphatic hydroxyl groups is 1. The van der Waals surface area contributed by atoms with Crippen molar-refractivity contribution in [3.63, 3.8) is 0 Å². The molecule has 2 heterocycles. The number of anilines is 2. The molecule has 174 valence electrons. The molecule has 2 aromatic rings. The first-order valence-electron chi connectivity index (χ1n) is 9.17.